The smallest absolute Gasteiger partial charge is 0.264 e. The lowest BCUT2D eigenvalue weighted by Gasteiger charge is -2.41. The first-order valence-corrected chi connectivity index (χ1v) is 13.0. The van der Waals surface area contributed by atoms with Gasteiger partial charge in [-0.05, 0) is 73.8 Å². The van der Waals surface area contributed by atoms with Crippen LogP contribution in [0.2, 0.25) is 0 Å². The van der Waals surface area contributed by atoms with Crippen molar-refractivity contribution >= 4 is 21.6 Å². The van der Waals surface area contributed by atoms with Crippen molar-refractivity contribution in [1.82, 2.24) is 4.72 Å². The van der Waals surface area contributed by atoms with Gasteiger partial charge in [0, 0.05) is 17.8 Å². The van der Waals surface area contributed by atoms with Crippen molar-refractivity contribution in [3.63, 3.8) is 0 Å². The Kier molecular flexibility index (Phi) is 5.40. The number of carbonyl (C=O) groups is 1. The van der Waals surface area contributed by atoms with Crippen LogP contribution in [0, 0.1) is 0 Å². The van der Waals surface area contributed by atoms with Crippen LogP contribution in [0.5, 0.6) is 5.75 Å². The van der Waals surface area contributed by atoms with Gasteiger partial charge in [-0.25, -0.2) is 13.1 Å². The minimum atomic E-state index is -3.99. The zero-order chi connectivity index (χ0) is 22.3. The predicted molar refractivity (Wildman–Crippen MR) is 124 cm³/mol. The number of hydrogen-bond acceptors (Lipinski definition) is 5. The molecule has 6 nitrogen and oxygen atoms in total. The van der Waals surface area contributed by atoms with Gasteiger partial charge in [0.2, 0.25) is 5.91 Å². The van der Waals surface area contributed by atoms with Gasteiger partial charge in [-0.3, -0.25) is 4.79 Å². The van der Waals surface area contributed by atoms with Gasteiger partial charge in [-0.2, -0.15) is 0 Å². The molecule has 2 aliphatic carbocycles. The lowest BCUT2D eigenvalue weighted by atomic mass is 9.63. The normalized spacial score (nSPS) is 19.7. The molecule has 1 heterocycles. The van der Waals surface area contributed by atoms with Crippen molar-refractivity contribution in [2.45, 2.75) is 67.6 Å². The summed E-state index contributed by atoms with van der Waals surface area (Å²) >= 11 is 0. The van der Waals surface area contributed by atoms with Gasteiger partial charge in [0.25, 0.3) is 10.0 Å². The number of rotatable bonds is 6. The number of methoxy groups -OCH3 is 1. The van der Waals surface area contributed by atoms with Gasteiger partial charge >= 0.3 is 0 Å². The van der Waals surface area contributed by atoms with Gasteiger partial charge < -0.3 is 10.1 Å². The number of nitrogens with one attached hydrogen (secondary N) is 2. The molecule has 1 aliphatic heterocycles. The Balaban J connectivity index is 1.48. The molecule has 2 aromatic carbocycles. The first kappa shape index (κ1) is 21.3. The first-order valence-electron chi connectivity index (χ1n) is 11.6. The van der Waals surface area contributed by atoms with Crippen LogP contribution < -0.4 is 14.8 Å². The minimum absolute atomic E-state index is 0.195. The molecule has 0 radical (unpaired) electrons. The van der Waals surface area contributed by atoms with E-state index in [1.807, 2.05) is 12.1 Å². The number of carbonyl (C=O) groups excluding carboxylic acids is 1. The second-order valence-electron chi connectivity index (χ2n) is 9.27. The molecule has 7 heteroatoms. The van der Waals surface area contributed by atoms with E-state index in [0.29, 0.717) is 30.9 Å². The molecular formula is C25H30N2O4S. The maximum absolute atomic E-state index is 13.6. The zero-order valence-corrected chi connectivity index (χ0v) is 19.3. The molecule has 3 aliphatic rings. The lowest BCUT2D eigenvalue weighted by Crippen LogP contribution is -2.51. The van der Waals surface area contributed by atoms with Crippen molar-refractivity contribution in [2.75, 3.05) is 19.0 Å². The SMILES string of the molecule is COc1ccc(C2CCC2)cc1C1(C(=O)NS(=O)(=O)c2cccc3c2CCCN3)CCC1. The molecule has 2 N–H and O–H groups in total. The molecule has 32 heavy (non-hydrogen) atoms. The van der Waals surface area contributed by atoms with Crippen LogP contribution in [0.25, 0.3) is 0 Å². The lowest BCUT2D eigenvalue weighted by molar-refractivity contribution is -0.128. The molecular weight excluding hydrogens is 424 g/mol. The second-order valence-corrected chi connectivity index (χ2v) is 10.9. The Hall–Kier alpha value is -2.54. The molecule has 5 rings (SSSR count). The summed E-state index contributed by atoms with van der Waals surface area (Å²) in [6, 6.07) is 11.3. The molecule has 2 aromatic rings. The highest BCUT2D eigenvalue weighted by Crippen LogP contribution is 2.49. The first-order chi connectivity index (χ1) is 15.4. The molecule has 170 valence electrons. The fourth-order valence-electron chi connectivity index (χ4n) is 5.25. The molecule has 1 amide bonds. The van der Waals surface area contributed by atoms with E-state index in [9.17, 15) is 13.2 Å². The van der Waals surface area contributed by atoms with Crippen LogP contribution in [-0.2, 0) is 26.7 Å². The van der Waals surface area contributed by atoms with E-state index in [1.54, 1.807) is 19.2 Å². The maximum atomic E-state index is 13.6. The fourth-order valence-corrected chi connectivity index (χ4v) is 6.59. The summed E-state index contributed by atoms with van der Waals surface area (Å²) in [5.41, 5.74) is 2.76. The van der Waals surface area contributed by atoms with E-state index >= 15 is 0 Å². The van der Waals surface area contributed by atoms with Gasteiger partial charge in [-0.1, -0.05) is 31.0 Å². The maximum Gasteiger partial charge on any atom is 0.264 e. The Labute approximate surface area is 189 Å². The average molecular weight is 455 g/mol. The minimum Gasteiger partial charge on any atom is -0.496 e. The van der Waals surface area contributed by atoms with Crippen molar-refractivity contribution in [1.29, 1.82) is 0 Å². The van der Waals surface area contributed by atoms with Crippen LogP contribution in [0.3, 0.4) is 0 Å². The molecule has 2 fully saturated rings. The van der Waals surface area contributed by atoms with Gasteiger partial charge in [0.1, 0.15) is 5.75 Å². The third-order valence-electron chi connectivity index (χ3n) is 7.53. The predicted octanol–water partition coefficient (Wildman–Crippen LogP) is 4.25. The van der Waals surface area contributed by atoms with Gasteiger partial charge in [0.15, 0.2) is 0 Å². The quantitative estimate of drug-likeness (QED) is 0.682. The van der Waals surface area contributed by atoms with Crippen molar-refractivity contribution in [2.24, 2.45) is 0 Å². The highest BCUT2D eigenvalue weighted by atomic mass is 32.2. The number of amides is 1. The number of sulfonamides is 1. The Bertz CT molecular complexity index is 1150. The number of hydrogen-bond donors (Lipinski definition) is 2. The molecule has 0 atom stereocenters. The van der Waals surface area contributed by atoms with E-state index < -0.39 is 21.3 Å². The highest BCUT2D eigenvalue weighted by Gasteiger charge is 2.49. The van der Waals surface area contributed by atoms with E-state index in [-0.39, 0.29) is 4.90 Å². The molecule has 0 bridgehead atoms. The van der Waals surface area contributed by atoms with Crippen molar-refractivity contribution in [3.8, 4) is 5.75 Å². The van der Waals surface area contributed by atoms with Crippen LogP contribution in [0.15, 0.2) is 41.3 Å². The van der Waals surface area contributed by atoms with Crippen LogP contribution >= 0.6 is 0 Å². The van der Waals surface area contributed by atoms with Crippen LogP contribution in [0.1, 0.15) is 67.6 Å². The average Bonchev–Trinajstić information content (AvgIpc) is 2.71. The Morgan fingerprint density at radius 3 is 2.59 bits per heavy atom. The Morgan fingerprint density at radius 1 is 1.12 bits per heavy atom. The van der Waals surface area contributed by atoms with Crippen LogP contribution in [-0.4, -0.2) is 28.0 Å². The molecule has 2 saturated carbocycles. The summed E-state index contributed by atoms with van der Waals surface area (Å²) in [7, 11) is -2.38. The highest BCUT2D eigenvalue weighted by molar-refractivity contribution is 7.90. The van der Waals surface area contributed by atoms with Crippen LogP contribution in [0.4, 0.5) is 5.69 Å². The molecule has 0 aromatic heterocycles. The van der Waals surface area contributed by atoms with E-state index in [4.69, 9.17) is 4.74 Å². The number of benzene rings is 2. The fraction of sp³-hybridized carbons (Fsp3) is 0.480. The summed E-state index contributed by atoms with van der Waals surface area (Å²) in [6.45, 7) is 0.823. The standard InChI is InChI=1S/C25H30N2O4S/c1-31-22-12-11-18(17-6-2-7-17)16-20(22)25(13-5-14-25)24(28)27-32(29,30)23-10-3-9-21-19(23)8-4-15-26-21/h3,9-12,16-17,26H,2,4-8,13-15H2,1H3,(H,27,28). The summed E-state index contributed by atoms with van der Waals surface area (Å²) in [5.74, 6) is 0.725. The van der Waals surface area contributed by atoms with E-state index in [0.717, 1.165) is 49.0 Å². The summed E-state index contributed by atoms with van der Waals surface area (Å²) in [5, 5.41) is 3.26. The zero-order valence-electron chi connectivity index (χ0n) is 18.4. The summed E-state index contributed by atoms with van der Waals surface area (Å²) in [4.78, 5) is 13.8. The monoisotopic (exact) mass is 454 g/mol. The number of anilines is 1. The van der Waals surface area contributed by atoms with Gasteiger partial charge in [-0.15, -0.1) is 0 Å². The van der Waals surface area contributed by atoms with Crippen molar-refractivity contribution in [3.05, 3.63) is 53.1 Å². The van der Waals surface area contributed by atoms with Gasteiger partial charge in [0.05, 0.1) is 17.4 Å². The topological polar surface area (TPSA) is 84.5 Å². The second kappa shape index (κ2) is 8.10. The van der Waals surface area contributed by atoms with E-state index in [1.165, 1.54) is 12.0 Å². The third-order valence-corrected chi connectivity index (χ3v) is 8.94. The summed E-state index contributed by atoms with van der Waals surface area (Å²) in [6.07, 6.45) is 7.21. The molecule has 0 spiro atoms. The van der Waals surface area contributed by atoms with Crippen molar-refractivity contribution < 1.29 is 17.9 Å². The number of ether oxygens (including phenoxy) is 1. The van der Waals surface area contributed by atoms with E-state index in [2.05, 4.69) is 22.2 Å². The number of fused-ring (bicyclic) bond motifs is 1. The molecule has 0 saturated heterocycles. The Morgan fingerprint density at radius 2 is 1.94 bits per heavy atom. The third kappa shape index (κ3) is 3.47. The molecule has 0 unspecified atom stereocenters. The largest absolute Gasteiger partial charge is 0.496 e. The summed E-state index contributed by atoms with van der Waals surface area (Å²) < 4.78 is 34.7.